The van der Waals surface area contributed by atoms with Crippen LogP contribution in [0.2, 0.25) is 0 Å². The summed E-state index contributed by atoms with van der Waals surface area (Å²) in [6.45, 7) is 1.53. The number of carbonyl (C=O) groups excluding carboxylic acids is 3. The van der Waals surface area contributed by atoms with Crippen LogP contribution in [0.5, 0.6) is 5.75 Å². The molecule has 1 saturated carbocycles. The Balaban J connectivity index is 1.59. The number of Topliss-reactive ketones (excluding diaryl/α,β-unsaturated/α-hetero) is 2. The van der Waals surface area contributed by atoms with Gasteiger partial charge in [0, 0.05) is 31.3 Å². The van der Waals surface area contributed by atoms with Gasteiger partial charge in [0.1, 0.15) is 22.8 Å². The van der Waals surface area contributed by atoms with E-state index >= 15 is 0 Å². The molecule has 1 unspecified atom stereocenters. The fourth-order valence-corrected chi connectivity index (χ4v) is 7.78. The number of benzene rings is 2. The molecule has 0 spiro atoms. The Morgan fingerprint density at radius 1 is 1.11 bits per heavy atom. The summed E-state index contributed by atoms with van der Waals surface area (Å²) >= 11 is 0. The average Bonchev–Trinajstić information content (AvgIpc) is 2.97. The van der Waals surface area contributed by atoms with Crippen LogP contribution in [0.15, 0.2) is 52.1 Å². The molecule has 1 fully saturated rings. The molecule has 0 saturated heterocycles. The molecule has 0 heterocycles. The highest BCUT2D eigenvalue weighted by Gasteiger charge is 2.64. The molecule has 0 radical (unpaired) electrons. The predicted octanol–water partition coefficient (Wildman–Crippen LogP) is 0.668. The number of anilines is 1. The van der Waals surface area contributed by atoms with Crippen molar-refractivity contribution in [3.8, 4) is 17.6 Å². The average molecular weight is 665 g/mol. The molecule has 5 rings (SSSR count). The molecule has 7 N–H and O–H groups in total. The Morgan fingerprint density at radius 2 is 1.74 bits per heavy atom. The molecule has 2 aromatic rings. The van der Waals surface area contributed by atoms with Gasteiger partial charge in [-0.3, -0.25) is 19.3 Å². The predicted molar refractivity (Wildman–Crippen MR) is 172 cm³/mol. The minimum absolute atomic E-state index is 0.0297. The smallest absolute Gasteiger partial charge is 0.255 e. The number of nitrogens with two attached hydrogens (primary N) is 1. The van der Waals surface area contributed by atoms with Crippen LogP contribution in [0.4, 0.5) is 5.69 Å². The standard InChI is InChI=1S/C33H36N4O9S/c1-16-8-10-19(11-9-16)47(45,46)35-12-6-7-17-15-22(36(2)3)20-13-18-14-21-26(37(4)5)29(40)25(32(34)43)31(42)33(21,44)30(41)23(18)28(39)24(20)27(17)38/h8-11,15,18,21,26,35,38-39,42,44H,12-14H2,1-5H3,(H2,34,43)/t18-,21-,26?,33-/m1/s1. The first-order chi connectivity index (χ1) is 21.9. The molecule has 1 amide bonds. The Labute approximate surface area is 272 Å². The van der Waals surface area contributed by atoms with E-state index in [1.54, 1.807) is 37.2 Å². The van der Waals surface area contributed by atoms with Crippen LogP contribution in [0.1, 0.15) is 28.7 Å². The van der Waals surface area contributed by atoms with Gasteiger partial charge in [0.05, 0.1) is 28.6 Å². The lowest BCUT2D eigenvalue weighted by Gasteiger charge is -2.50. The molecule has 14 heteroatoms. The molecular weight excluding hydrogens is 628 g/mol. The topological polar surface area (TPSA) is 211 Å². The van der Waals surface area contributed by atoms with Gasteiger partial charge in [-0.1, -0.05) is 29.5 Å². The van der Waals surface area contributed by atoms with Crippen molar-refractivity contribution in [1.82, 2.24) is 9.62 Å². The van der Waals surface area contributed by atoms with Crippen molar-refractivity contribution in [2.45, 2.75) is 36.3 Å². The highest BCUT2D eigenvalue weighted by molar-refractivity contribution is 7.89. The number of hydrogen-bond acceptors (Lipinski definition) is 11. The van der Waals surface area contributed by atoms with Crippen molar-refractivity contribution >= 4 is 38.9 Å². The number of nitrogens with one attached hydrogen (secondary N) is 1. The quantitative estimate of drug-likeness (QED) is 0.187. The number of carbonyl (C=O) groups is 3. The third-order valence-corrected chi connectivity index (χ3v) is 10.5. The van der Waals surface area contributed by atoms with E-state index in [2.05, 4.69) is 16.6 Å². The molecule has 0 bridgehead atoms. The van der Waals surface area contributed by atoms with Crippen molar-refractivity contribution < 1.29 is 43.2 Å². The number of sulfonamides is 1. The Morgan fingerprint density at radius 3 is 2.32 bits per heavy atom. The van der Waals surface area contributed by atoms with Crippen LogP contribution in [0.25, 0.3) is 5.76 Å². The summed E-state index contributed by atoms with van der Waals surface area (Å²) in [6, 6.07) is 6.66. The normalized spacial score (nSPS) is 23.9. The summed E-state index contributed by atoms with van der Waals surface area (Å²) in [7, 11) is 2.68. The van der Waals surface area contributed by atoms with Crippen molar-refractivity contribution in [2.75, 3.05) is 39.6 Å². The number of ketones is 2. The molecule has 0 aliphatic heterocycles. The highest BCUT2D eigenvalue weighted by atomic mass is 32.2. The molecule has 47 heavy (non-hydrogen) atoms. The monoisotopic (exact) mass is 664 g/mol. The van der Waals surface area contributed by atoms with Gasteiger partial charge in [0.25, 0.3) is 5.91 Å². The molecule has 248 valence electrons. The minimum atomic E-state index is -3.86. The van der Waals surface area contributed by atoms with E-state index in [9.17, 15) is 43.2 Å². The number of phenolic OH excluding ortho intramolecular Hbond substituents is 1. The zero-order valence-corrected chi connectivity index (χ0v) is 27.3. The Kier molecular flexibility index (Phi) is 8.48. The second kappa shape index (κ2) is 11.8. The molecule has 3 aliphatic carbocycles. The maximum absolute atomic E-state index is 14.1. The molecule has 0 aromatic heterocycles. The number of aryl methyl sites for hydroxylation is 1. The SMILES string of the molecule is Cc1ccc(S(=O)(=O)NCC#Cc2cc(N(C)C)c3c(c2O)C(O)=C2C(=O)[C@@]4(O)C(O)=C(C(N)=O)C(=O)C(N(C)C)[C@H]4C[C@H]2C3)cc1. The van der Waals surface area contributed by atoms with Crippen molar-refractivity contribution in [2.24, 2.45) is 17.6 Å². The lowest BCUT2D eigenvalue weighted by Crippen LogP contribution is -2.65. The third kappa shape index (κ3) is 5.35. The van der Waals surface area contributed by atoms with Crippen LogP contribution < -0.4 is 15.4 Å². The van der Waals surface area contributed by atoms with Gasteiger partial charge in [-0.2, -0.15) is 4.72 Å². The first-order valence-electron chi connectivity index (χ1n) is 14.7. The third-order valence-electron chi connectivity index (χ3n) is 9.08. The minimum Gasteiger partial charge on any atom is -0.508 e. The number of amides is 1. The van der Waals surface area contributed by atoms with Crippen molar-refractivity contribution in [3.63, 3.8) is 0 Å². The van der Waals surface area contributed by atoms with Crippen LogP contribution in [0, 0.1) is 30.6 Å². The second-order valence-corrected chi connectivity index (χ2v) is 14.2. The zero-order chi connectivity index (χ0) is 34.7. The number of phenols is 1. The maximum Gasteiger partial charge on any atom is 0.255 e. The number of primary amides is 1. The van der Waals surface area contributed by atoms with E-state index in [-0.39, 0.29) is 41.0 Å². The van der Waals surface area contributed by atoms with Gasteiger partial charge in [-0.15, -0.1) is 0 Å². The fourth-order valence-electron chi connectivity index (χ4n) is 6.86. The number of aliphatic hydroxyl groups is 3. The summed E-state index contributed by atoms with van der Waals surface area (Å²) in [5.41, 5.74) is 3.29. The maximum atomic E-state index is 14.1. The van der Waals surface area contributed by atoms with Gasteiger partial charge in [-0.05, 0) is 63.5 Å². The Bertz CT molecular complexity index is 1950. The van der Waals surface area contributed by atoms with Crippen LogP contribution in [-0.4, -0.2) is 97.6 Å². The fraction of sp³-hybridized carbons (Fsp3) is 0.364. The van der Waals surface area contributed by atoms with Crippen molar-refractivity contribution in [1.29, 1.82) is 0 Å². The summed E-state index contributed by atoms with van der Waals surface area (Å²) < 4.78 is 27.7. The summed E-state index contributed by atoms with van der Waals surface area (Å²) in [5.74, 6) is -2.07. The Hall–Kier alpha value is -4.68. The lowest BCUT2D eigenvalue weighted by molar-refractivity contribution is -0.153. The number of rotatable bonds is 6. The summed E-state index contributed by atoms with van der Waals surface area (Å²) in [6.07, 6.45) is 0.0712. The number of hydrogen-bond donors (Lipinski definition) is 6. The zero-order valence-electron chi connectivity index (χ0n) is 26.5. The summed E-state index contributed by atoms with van der Waals surface area (Å²) in [5, 5.41) is 45.8. The number of likely N-dealkylation sites (N-methyl/N-ethyl adjacent to an activating group) is 1. The number of aromatic hydroxyl groups is 1. The van der Waals surface area contributed by atoms with Gasteiger partial charge in [0.15, 0.2) is 11.4 Å². The van der Waals surface area contributed by atoms with Crippen molar-refractivity contribution in [3.05, 3.63) is 69.5 Å². The molecule has 4 atom stereocenters. The molecule has 13 nitrogen and oxygen atoms in total. The number of nitrogens with zero attached hydrogens (tertiary/aromatic N) is 2. The first kappa shape index (κ1) is 33.7. The van der Waals surface area contributed by atoms with Gasteiger partial charge in [-0.25, -0.2) is 8.42 Å². The van der Waals surface area contributed by atoms with E-state index in [0.717, 1.165) is 5.56 Å². The lowest BCUT2D eigenvalue weighted by atomic mass is 9.57. The van der Waals surface area contributed by atoms with E-state index in [1.807, 2.05) is 6.92 Å². The van der Waals surface area contributed by atoms with E-state index < -0.39 is 73.8 Å². The first-order valence-corrected chi connectivity index (χ1v) is 16.2. The van der Waals surface area contributed by atoms with Crippen LogP contribution in [0.3, 0.4) is 0 Å². The van der Waals surface area contributed by atoms with Crippen LogP contribution >= 0.6 is 0 Å². The largest absolute Gasteiger partial charge is 0.508 e. The number of fused-ring (bicyclic) bond motifs is 3. The van der Waals surface area contributed by atoms with Gasteiger partial charge < -0.3 is 31.1 Å². The van der Waals surface area contributed by atoms with E-state index in [0.29, 0.717) is 11.3 Å². The highest BCUT2D eigenvalue weighted by Crippen LogP contribution is 2.54. The van der Waals surface area contributed by atoms with Crippen LogP contribution in [-0.2, 0) is 30.8 Å². The molecule has 3 aliphatic rings. The molecule has 2 aromatic carbocycles. The molecular formula is C33H36N4O9S. The summed E-state index contributed by atoms with van der Waals surface area (Å²) in [4.78, 5) is 42.8. The van der Waals surface area contributed by atoms with E-state index in [1.165, 1.54) is 31.1 Å². The van der Waals surface area contributed by atoms with E-state index in [4.69, 9.17) is 5.73 Å². The van der Waals surface area contributed by atoms with Gasteiger partial charge in [0.2, 0.25) is 15.8 Å². The number of aliphatic hydroxyl groups excluding tert-OH is 2. The van der Waals surface area contributed by atoms with Gasteiger partial charge >= 0.3 is 0 Å². The second-order valence-electron chi connectivity index (χ2n) is 12.4.